The summed E-state index contributed by atoms with van der Waals surface area (Å²) in [4.78, 5) is 16.7. The van der Waals surface area contributed by atoms with Gasteiger partial charge in [0.15, 0.2) is 0 Å². The van der Waals surface area contributed by atoms with Crippen molar-refractivity contribution in [3.05, 3.63) is 82.3 Å². The minimum absolute atomic E-state index is 0.296. The van der Waals surface area contributed by atoms with Crippen molar-refractivity contribution >= 4 is 57.6 Å². The fourth-order valence-corrected chi connectivity index (χ4v) is 3.27. The first-order valence-electron chi connectivity index (χ1n) is 7.92. The molecule has 0 saturated heterocycles. The van der Waals surface area contributed by atoms with Crippen molar-refractivity contribution in [3.8, 4) is 0 Å². The lowest BCUT2D eigenvalue weighted by molar-refractivity contribution is -0.110. The summed E-state index contributed by atoms with van der Waals surface area (Å²) in [7, 11) is 0. The molecule has 0 fully saturated rings. The molecule has 0 bridgehead atoms. The fourth-order valence-electron chi connectivity index (χ4n) is 2.73. The van der Waals surface area contributed by atoms with Crippen LogP contribution < -0.4 is 10.6 Å². The van der Waals surface area contributed by atoms with Crippen LogP contribution in [0.5, 0.6) is 0 Å². The maximum Gasteiger partial charge on any atom is 0.275 e. The van der Waals surface area contributed by atoms with Gasteiger partial charge in [-0.1, -0.05) is 41.4 Å². The normalized spacial score (nSPS) is 14.2. The Morgan fingerprint density at radius 2 is 1.58 bits per heavy atom. The molecular formula is C20H13Cl2N3O. The van der Waals surface area contributed by atoms with E-state index in [9.17, 15) is 4.79 Å². The predicted molar refractivity (Wildman–Crippen MR) is 107 cm³/mol. The molecule has 4 nitrogen and oxygen atoms in total. The summed E-state index contributed by atoms with van der Waals surface area (Å²) in [6.07, 6.45) is 0. The topological polar surface area (TPSA) is 53.5 Å². The van der Waals surface area contributed by atoms with Crippen LogP contribution in [0.2, 0.25) is 10.0 Å². The summed E-state index contributed by atoms with van der Waals surface area (Å²) in [5.41, 5.74) is 4.05. The van der Waals surface area contributed by atoms with E-state index in [0.29, 0.717) is 32.7 Å². The number of aliphatic imine (C=N–C) groups is 1. The van der Waals surface area contributed by atoms with Crippen LogP contribution in [0.4, 0.5) is 22.7 Å². The summed E-state index contributed by atoms with van der Waals surface area (Å²) >= 11 is 12.2. The molecule has 1 heterocycles. The summed E-state index contributed by atoms with van der Waals surface area (Å²) in [5.74, 6) is -0.296. The average molecular weight is 382 g/mol. The van der Waals surface area contributed by atoms with E-state index in [-0.39, 0.29) is 5.91 Å². The molecular weight excluding hydrogens is 369 g/mol. The lowest BCUT2D eigenvalue weighted by Crippen LogP contribution is -2.13. The molecule has 1 aliphatic heterocycles. The van der Waals surface area contributed by atoms with Gasteiger partial charge in [0.05, 0.1) is 16.4 Å². The predicted octanol–water partition coefficient (Wildman–Crippen LogP) is 5.81. The second kappa shape index (κ2) is 6.83. The molecule has 1 amide bonds. The third-order valence-electron chi connectivity index (χ3n) is 3.93. The zero-order valence-corrected chi connectivity index (χ0v) is 15.0. The molecule has 0 spiro atoms. The highest BCUT2D eigenvalue weighted by molar-refractivity contribution is 6.56. The van der Waals surface area contributed by atoms with Gasteiger partial charge in [-0.25, -0.2) is 4.99 Å². The van der Waals surface area contributed by atoms with Gasteiger partial charge in [0.25, 0.3) is 5.91 Å². The van der Waals surface area contributed by atoms with E-state index in [2.05, 4.69) is 15.6 Å². The molecule has 3 aromatic rings. The summed E-state index contributed by atoms with van der Waals surface area (Å²) in [5, 5.41) is 6.89. The standard InChI is InChI=1S/C20H13Cl2N3O/c21-12-10-16-18(17(22)11-12)25-20(26)19(16)24-15-8-6-14(7-9-15)23-13-4-2-1-3-5-13/h1-11,23H,(H,24,25,26). The summed E-state index contributed by atoms with van der Waals surface area (Å²) in [6, 6.07) is 20.7. The fraction of sp³-hybridized carbons (Fsp3) is 0. The Hall–Kier alpha value is -2.82. The van der Waals surface area contributed by atoms with Crippen LogP contribution in [-0.4, -0.2) is 11.6 Å². The van der Waals surface area contributed by atoms with E-state index in [1.54, 1.807) is 12.1 Å². The first-order valence-corrected chi connectivity index (χ1v) is 8.67. The minimum Gasteiger partial charge on any atom is -0.356 e. The van der Waals surface area contributed by atoms with Crippen molar-refractivity contribution < 1.29 is 4.79 Å². The first-order chi connectivity index (χ1) is 12.6. The van der Waals surface area contributed by atoms with Crippen molar-refractivity contribution in [1.29, 1.82) is 0 Å². The lowest BCUT2D eigenvalue weighted by Gasteiger charge is -2.06. The van der Waals surface area contributed by atoms with Gasteiger partial charge in [-0.3, -0.25) is 4.79 Å². The molecule has 6 heteroatoms. The quantitative estimate of drug-likeness (QED) is 0.601. The number of carbonyl (C=O) groups excluding carboxylic acids is 1. The molecule has 4 rings (SSSR count). The molecule has 0 aromatic heterocycles. The number of hydrogen-bond donors (Lipinski definition) is 2. The van der Waals surface area contributed by atoms with E-state index < -0.39 is 0 Å². The maximum absolute atomic E-state index is 12.3. The Bertz CT molecular complexity index is 1020. The average Bonchev–Trinajstić information content (AvgIpc) is 2.94. The third kappa shape index (κ3) is 3.29. The lowest BCUT2D eigenvalue weighted by atomic mass is 10.1. The Balaban J connectivity index is 1.62. The van der Waals surface area contributed by atoms with Crippen LogP contribution in [-0.2, 0) is 4.79 Å². The zero-order chi connectivity index (χ0) is 18.1. The van der Waals surface area contributed by atoms with Crippen LogP contribution in [0.1, 0.15) is 5.56 Å². The zero-order valence-electron chi connectivity index (χ0n) is 13.5. The highest BCUT2D eigenvalue weighted by Gasteiger charge is 2.28. The second-order valence-electron chi connectivity index (χ2n) is 5.76. The van der Waals surface area contributed by atoms with E-state index >= 15 is 0 Å². The van der Waals surface area contributed by atoms with Gasteiger partial charge in [-0.2, -0.15) is 0 Å². The number of rotatable bonds is 3. The van der Waals surface area contributed by atoms with Gasteiger partial charge in [-0.05, 0) is 48.5 Å². The summed E-state index contributed by atoms with van der Waals surface area (Å²) in [6.45, 7) is 0. The van der Waals surface area contributed by atoms with Gasteiger partial charge in [0.1, 0.15) is 5.71 Å². The number of nitrogens with zero attached hydrogens (tertiary/aromatic N) is 1. The molecule has 1 aliphatic rings. The molecule has 2 N–H and O–H groups in total. The molecule has 128 valence electrons. The largest absolute Gasteiger partial charge is 0.356 e. The van der Waals surface area contributed by atoms with Gasteiger partial charge in [0, 0.05) is 22.0 Å². The van der Waals surface area contributed by atoms with Crippen LogP contribution >= 0.6 is 23.2 Å². The number of para-hydroxylation sites is 1. The van der Waals surface area contributed by atoms with Gasteiger partial charge < -0.3 is 10.6 Å². The Morgan fingerprint density at radius 3 is 2.31 bits per heavy atom. The number of hydrogen-bond acceptors (Lipinski definition) is 3. The molecule has 3 aromatic carbocycles. The molecule has 0 atom stereocenters. The number of benzene rings is 3. The SMILES string of the molecule is O=C1Nc2c(Cl)cc(Cl)cc2C1=Nc1ccc(Nc2ccccc2)cc1. The van der Waals surface area contributed by atoms with Crippen LogP contribution in [0.25, 0.3) is 0 Å². The minimum atomic E-state index is -0.296. The van der Waals surface area contributed by atoms with Crippen LogP contribution in [0.3, 0.4) is 0 Å². The molecule has 0 saturated carbocycles. The summed E-state index contributed by atoms with van der Waals surface area (Å²) < 4.78 is 0. The highest BCUT2D eigenvalue weighted by atomic mass is 35.5. The first kappa shape index (κ1) is 16.6. The van der Waals surface area contributed by atoms with E-state index in [1.165, 1.54) is 0 Å². The van der Waals surface area contributed by atoms with Crippen molar-refractivity contribution in [2.75, 3.05) is 10.6 Å². The number of anilines is 3. The molecule has 26 heavy (non-hydrogen) atoms. The maximum atomic E-state index is 12.3. The van der Waals surface area contributed by atoms with Crippen LogP contribution in [0.15, 0.2) is 71.7 Å². The van der Waals surface area contributed by atoms with Gasteiger partial charge in [0.2, 0.25) is 0 Å². The Kier molecular flexibility index (Phi) is 4.37. The van der Waals surface area contributed by atoms with E-state index in [4.69, 9.17) is 23.2 Å². The number of fused-ring (bicyclic) bond motifs is 1. The Labute approximate surface area is 160 Å². The van der Waals surface area contributed by atoms with Gasteiger partial charge >= 0.3 is 0 Å². The number of amides is 1. The Morgan fingerprint density at radius 1 is 0.885 bits per heavy atom. The monoisotopic (exact) mass is 381 g/mol. The number of halogens is 2. The second-order valence-corrected chi connectivity index (χ2v) is 6.61. The van der Waals surface area contributed by atoms with Crippen molar-refractivity contribution in [2.24, 2.45) is 4.99 Å². The molecule has 0 radical (unpaired) electrons. The highest BCUT2D eigenvalue weighted by Crippen LogP contribution is 2.35. The molecule has 0 aliphatic carbocycles. The van der Waals surface area contributed by atoms with Crippen molar-refractivity contribution in [1.82, 2.24) is 0 Å². The van der Waals surface area contributed by atoms with Crippen molar-refractivity contribution in [3.63, 3.8) is 0 Å². The third-order valence-corrected chi connectivity index (χ3v) is 4.45. The number of nitrogens with one attached hydrogen (secondary N) is 2. The molecule has 0 unspecified atom stereocenters. The van der Waals surface area contributed by atoms with Crippen LogP contribution in [0, 0.1) is 0 Å². The van der Waals surface area contributed by atoms with Crippen molar-refractivity contribution in [2.45, 2.75) is 0 Å². The smallest absolute Gasteiger partial charge is 0.275 e. The number of carbonyl (C=O) groups is 1. The van der Waals surface area contributed by atoms with E-state index in [1.807, 2.05) is 54.6 Å². The van der Waals surface area contributed by atoms with Gasteiger partial charge in [-0.15, -0.1) is 0 Å². The van der Waals surface area contributed by atoms with E-state index in [0.717, 1.165) is 11.4 Å².